The molecule has 0 aromatic heterocycles. The first kappa shape index (κ1) is 20.5. The van der Waals surface area contributed by atoms with Crippen molar-refractivity contribution < 1.29 is 29.3 Å². The quantitative estimate of drug-likeness (QED) is 0.702. The van der Waals surface area contributed by atoms with Gasteiger partial charge in [-0.3, -0.25) is 14.4 Å². The van der Waals surface area contributed by atoms with Crippen LogP contribution in [0.1, 0.15) is 52.9 Å². The van der Waals surface area contributed by atoms with E-state index < -0.39 is 35.5 Å². The van der Waals surface area contributed by atoms with Gasteiger partial charge in [-0.2, -0.15) is 0 Å². The van der Waals surface area contributed by atoms with Crippen LogP contribution in [0.25, 0.3) is 0 Å². The summed E-state index contributed by atoms with van der Waals surface area (Å²) in [6.07, 6.45) is 7.56. The predicted molar refractivity (Wildman–Crippen MR) is 105 cm³/mol. The van der Waals surface area contributed by atoms with Crippen LogP contribution in [0.2, 0.25) is 0 Å². The number of ether oxygens (including phenoxy) is 1. The number of aliphatic hydroxyl groups excluding tert-OH is 2. The fourth-order valence-electron chi connectivity index (χ4n) is 7.37. The second-order valence-corrected chi connectivity index (χ2v) is 9.75. The molecule has 3 fully saturated rings. The number of fused-ring (bicyclic) bond motifs is 5. The van der Waals surface area contributed by atoms with Crippen molar-refractivity contribution in [3.63, 3.8) is 0 Å². The van der Waals surface area contributed by atoms with E-state index in [1.54, 1.807) is 12.2 Å². The minimum Gasteiger partial charge on any atom is -0.451 e. The van der Waals surface area contributed by atoms with Gasteiger partial charge < -0.3 is 14.9 Å². The fourth-order valence-corrected chi connectivity index (χ4v) is 7.37. The third-order valence-electron chi connectivity index (χ3n) is 8.53. The van der Waals surface area contributed by atoms with Crippen molar-refractivity contribution in [3.05, 3.63) is 23.8 Å². The summed E-state index contributed by atoms with van der Waals surface area (Å²) < 4.78 is 5.67. The largest absolute Gasteiger partial charge is 0.451 e. The zero-order valence-corrected chi connectivity index (χ0v) is 17.3. The second kappa shape index (κ2) is 6.61. The Morgan fingerprint density at radius 2 is 2.00 bits per heavy atom. The number of carbonyl (C=O) groups excluding carboxylic acids is 3. The molecular formula is C23H30O6. The lowest BCUT2D eigenvalue weighted by atomic mass is 9.46. The van der Waals surface area contributed by atoms with Crippen molar-refractivity contribution in [1.29, 1.82) is 0 Å². The number of aliphatic hydroxyl groups is 2. The Bertz CT molecular complexity index is 827. The van der Waals surface area contributed by atoms with Crippen molar-refractivity contribution in [3.8, 4) is 0 Å². The zero-order chi connectivity index (χ0) is 21.2. The summed E-state index contributed by atoms with van der Waals surface area (Å²) in [7, 11) is 0. The zero-order valence-electron chi connectivity index (χ0n) is 17.3. The number of esters is 1. The highest BCUT2D eigenvalue weighted by Gasteiger charge is 2.70. The van der Waals surface area contributed by atoms with Gasteiger partial charge in [-0.25, -0.2) is 0 Å². The molecule has 0 saturated heterocycles. The molecule has 4 rings (SSSR count). The van der Waals surface area contributed by atoms with Crippen LogP contribution < -0.4 is 0 Å². The van der Waals surface area contributed by atoms with Gasteiger partial charge in [-0.15, -0.1) is 0 Å². The van der Waals surface area contributed by atoms with E-state index in [0.29, 0.717) is 19.3 Å². The van der Waals surface area contributed by atoms with Gasteiger partial charge in [0.15, 0.2) is 11.4 Å². The van der Waals surface area contributed by atoms with Gasteiger partial charge in [0.1, 0.15) is 6.61 Å². The summed E-state index contributed by atoms with van der Waals surface area (Å²) in [5, 5.41) is 21.0. The van der Waals surface area contributed by atoms with E-state index in [9.17, 15) is 24.6 Å². The van der Waals surface area contributed by atoms with Crippen LogP contribution in [0.15, 0.2) is 23.8 Å². The average molecular weight is 402 g/mol. The summed E-state index contributed by atoms with van der Waals surface area (Å²) in [6.45, 7) is 4.63. The van der Waals surface area contributed by atoms with Gasteiger partial charge >= 0.3 is 5.97 Å². The van der Waals surface area contributed by atoms with E-state index in [4.69, 9.17) is 4.74 Å². The monoisotopic (exact) mass is 402 g/mol. The topological polar surface area (TPSA) is 101 Å². The molecular weight excluding hydrogens is 372 g/mol. The number of Topliss-reactive ketones (excluding diaryl/α,β-unsaturated/α-hetero) is 1. The van der Waals surface area contributed by atoms with E-state index in [1.807, 2.05) is 13.0 Å². The van der Waals surface area contributed by atoms with Crippen LogP contribution in [-0.2, 0) is 19.1 Å². The van der Waals surface area contributed by atoms with Gasteiger partial charge in [-0.05, 0) is 56.1 Å². The van der Waals surface area contributed by atoms with E-state index in [1.165, 1.54) is 6.92 Å². The summed E-state index contributed by atoms with van der Waals surface area (Å²) >= 11 is 0. The molecule has 4 aliphatic rings. The Kier molecular flexibility index (Phi) is 4.67. The minimum absolute atomic E-state index is 0.00523. The number of allylic oxidation sites excluding steroid dienone is 4. The van der Waals surface area contributed by atoms with Gasteiger partial charge in [0, 0.05) is 23.7 Å². The molecule has 0 heterocycles. The predicted octanol–water partition coefficient (Wildman–Crippen LogP) is 2.13. The molecule has 6 nitrogen and oxygen atoms in total. The van der Waals surface area contributed by atoms with Crippen LogP contribution in [0.3, 0.4) is 0 Å². The van der Waals surface area contributed by atoms with Gasteiger partial charge in [0.2, 0.25) is 5.78 Å². The van der Waals surface area contributed by atoms with Crippen molar-refractivity contribution in [2.24, 2.45) is 28.6 Å². The lowest BCUT2D eigenvalue weighted by molar-refractivity contribution is -0.198. The molecule has 0 aromatic carbocycles. The Balaban J connectivity index is 1.77. The van der Waals surface area contributed by atoms with E-state index in [-0.39, 0.29) is 29.0 Å². The third kappa shape index (κ3) is 2.65. The highest BCUT2D eigenvalue weighted by molar-refractivity contribution is 6.01. The van der Waals surface area contributed by atoms with Crippen molar-refractivity contribution in [1.82, 2.24) is 0 Å². The molecule has 4 unspecified atom stereocenters. The van der Waals surface area contributed by atoms with E-state index in [2.05, 4.69) is 6.92 Å². The fraction of sp³-hybridized carbons (Fsp3) is 0.696. The molecule has 7 atom stereocenters. The summed E-state index contributed by atoms with van der Waals surface area (Å²) in [5.74, 6) is -0.839. The maximum absolute atomic E-state index is 12.9. The molecule has 0 spiro atoms. The van der Waals surface area contributed by atoms with E-state index in [0.717, 1.165) is 18.4 Å². The molecule has 2 N–H and O–H groups in total. The van der Waals surface area contributed by atoms with Crippen molar-refractivity contribution in [2.75, 3.05) is 6.61 Å². The van der Waals surface area contributed by atoms with Crippen LogP contribution in [0.5, 0.6) is 0 Å². The number of hydrogen-bond donors (Lipinski definition) is 2. The molecule has 6 heteroatoms. The molecule has 0 amide bonds. The second-order valence-electron chi connectivity index (χ2n) is 9.75. The van der Waals surface area contributed by atoms with Gasteiger partial charge in [-0.1, -0.05) is 25.5 Å². The number of carbonyl (C=O) groups is 3. The molecule has 158 valence electrons. The number of hydrogen-bond acceptors (Lipinski definition) is 6. The smallest absolute Gasteiger partial charge is 0.303 e. The summed E-state index contributed by atoms with van der Waals surface area (Å²) in [4.78, 5) is 36.7. The van der Waals surface area contributed by atoms with Gasteiger partial charge in [0.25, 0.3) is 0 Å². The number of rotatable bonds is 3. The van der Waals surface area contributed by atoms with Crippen LogP contribution >= 0.6 is 0 Å². The van der Waals surface area contributed by atoms with Crippen LogP contribution in [0, 0.1) is 28.6 Å². The molecule has 4 aliphatic carbocycles. The Morgan fingerprint density at radius 3 is 2.66 bits per heavy atom. The molecule has 3 saturated carbocycles. The normalized spacial score (nSPS) is 45.7. The highest BCUT2D eigenvalue weighted by atomic mass is 16.6. The molecule has 0 aliphatic heterocycles. The number of ketones is 2. The Morgan fingerprint density at radius 1 is 1.28 bits per heavy atom. The van der Waals surface area contributed by atoms with Gasteiger partial charge in [0.05, 0.1) is 6.10 Å². The first-order valence-electron chi connectivity index (χ1n) is 10.5. The van der Waals surface area contributed by atoms with Crippen molar-refractivity contribution in [2.45, 2.75) is 64.6 Å². The SMILES string of the molecule is CC(=O)OC1(C(=O)CO)CCC2C3CCC4=CC(=O)C=C[C@]4(C)C3[C@@H](O)C[C@@]21C. The third-order valence-corrected chi connectivity index (χ3v) is 8.53. The molecule has 0 bridgehead atoms. The van der Waals surface area contributed by atoms with Crippen LogP contribution in [-0.4, -0.2) is 46.1 Å². The van der Waals surface area contributed by atoms with E-state index >= 15 is 0 Å². The first-order chi connectivity index (χ1) is 13.6. The highest BCUT2D eigenvalue weighted by Crippen LogP contribution is 2.67. The maximum Gasteiger partial charge on any atom is 0.303 e. The summed E-state index contributed by atoms with van der Waals surface area (Å²) in [6, 6.07) is 0. The average Bonchev–Trinajstić information content (AvgIpc) is 2.93. The minimum atomic E-state index is -1.39. The standard InChI is InChI=1S/C23H30O6/c1-13(25)29-23(19(28)12-24)9-7-17-16-5-4-14-10-15(26)6-8-21(14,2)20(16)18(27)11-22(17,23)3/h6,8,10,16-18,20,24,27H,4-5,7,9,11-12H2,1-3H3/t16?,17?,18-,20?,21-,22-,23?/m0/s1. The summed E-state index contributed by atoms with van der Waals surface area (Å²) in [5.41, 5.74) is -1.43. The Labute approximate surface area is 171 Å². The molecule has 0 radical (unpaired) electrons. The molecule has 0 aromatic rings. The van der Waals surface area contributed by atoms with Crippen LogP contribution in [0.4, 0.5) is 0 Å². The van der Waals surface area contributed by atoms with Crippen molar-refractivity contribution >= 4 is 17.5 Å². The maximum atomic E-state index is 12.9. The lowest BCUT2D eigenvalue weighted by Crippen LogP contribution is -2.62. The lowest BCUT2D eigenvalue weighted by Gasteiger charge is -2.59. The molecule has 29 heavy (non-hydrogen) atoms. The Hall–Kier alpha value is -1.79. The first-order valence-corrected chi connectivity index (χ1v) is 10.5.